The van der Waals surface area contributed by atoms with Crippen molar-refractivity contribution in [3.63, 3.8) is 0 Å². The number of benzene rings is 3. The second-order valence-corrected chi connectivity index (χ2v) is 7.66. The van der Waals surface area contributed by atoms with Crippen LogP contribution in [0.15, 0.2) is 83.8 Å². The summed E-state index contributed by atoms with van der Waals surface area (Å²) in [5, 5.41) is 2.56. The number of ether oxygens (including phenoxy) is 1. The van der Waals surface area contributed by atoms with E-state index in [1.165, 1.54) is 0 Å². The second kappa shape index (κ2) is 7.08. The zero-order valence-corrected chi connectivity index (χ0v) is 17.4. The predicted octanol–water partition coefficient (Wildman–Crippen LogP) is 5.81. The first-order valence-corrected chi connectivity index (χ1v) is 9.99. The largest absolute Gasteiger partial charge is 0.497 e. The van der Waals surface area contributed by atoms with Gasteiger partial charge in [-0.15, -0.1) is 0 Å². The van der Waals surface area contributed by atoms with Crippen LogP contribution in [0.5, 0.6) is 5.75 Å². The van der Waals surface area contributed by atoms with Crippen LogP contribution in [0.3, 0.4) is 0 Å². The Bertz CT molecular complexity index is 1470. The van der Waals surface area contributed by atoms with Gasteiger partial charge in [0.2, 0.25) is 0 Å². The van der Waals surface area contributed by atoms with Crippen molar-refractivity contribution >= 4 is 33.4 Å². The van der Waals surface area contributed by atoms with Crippen molar-refractivity contribution in [3.05, 3.63) is 94.4 Å². The highest BCUT2D eigenvalue weighted by atomic mass is 35.5. The van der Waals surface area contributed by atoms with Crippen LogP contribution in [0.2, 0.25) is 5.02 Å². The van der Waals surface area contributed by atoms with Gasteiger partial charge in [0, 0.05) is 34.6 Å². The Kier molecular flexibility index (Phi) is 4.37. The molecule has 5 rings (SSSR count). The monoisotopic (exact) mass is 414 g/mol. The van der Waals surface area contributed by atoms with Gasteiger partial charge in [-0.05, 0) is 48.0 Å². The summed E-state index contributed by atoms with van der Waals surface area (Å²) in [5.74, 6) is 0.779. The number of hydrogen-bond donors (Lipinski definition) is 0. The summed E-state index contributed by atoms with van der Waals surface area (Å²) in [7, 11) is 3.44. The van der Waals surface area contributed by atoms with E-state index >= 15 is 0 Å². The zero-order chi connectivity index (χ0) is 20.8. The lowest BCUT2D eigenvalue weighted by Gasteiger charge is -2.18. The SMILES string of the molecule is COc1ccc2c(ccn2-c2c(-c3ccccc3)c3cc(Cl)ccc3n(C)c2=O)c1. The Morgan fingerprint density at radius 2 is 1.67 bits per heavy atom. The molecular formula is C25H19ClN2O2. The molecule has 0 amide bonds. The maximum absolute atomic E-state index is 13.6. The minimum absolute atomic E-state index is 0.0722. The summed E-state index contributed by atoms with van der Waals surface area (Å²) in [6.07, 6.45) is 1.93. The maximum atomic E-state index is 13.6. The fraction of sp³-hybridized carbons (Fsp3) is 0.0800. The van der Waals surface area contributed by atoms with Gasteiger partial charge in [-0.1, -0.05) is 41.9 Å². The first-order chi connectivity index (χ1) is 14.6. The summed E-state index contributed by atoms with van der Waals surface area (Å²) >= 11 is 6.37. The van der Waals surface area contributed by atoms with E-state index in [2.05, 4.69) is 0 Å². The number of methoxy groups -OCH3 is 1. The third-order valence-electron chi connectivity index (χ3n) is 5.53. The number of rotatable bonds is 3. The molecule has 5 heteroatoms. The molecule has 0 atom stereocenters. The van der Waals surface area contributed by atoms with Crippen LogP contribution < -0.4 is 10.3 Å². The van der Waals surface area contributed by atoms with Gasteiger partial charge in [0.05, 0.1) is 18.1 Å². The van der Waals surface area contributed by atoms with Crippen LogP contribution in [-0.2, 0) is 7.05 Å². The summed E-state index contributed by atoms with van der Waals surface area (Å²) in [6, 6.07) is 23.5. The van der Waals surface area contributed by atoms with Crippen LogP contribution in [0, 0.1) is 0 Å². The van der Waals surface area contributed by atoms with Crippen LogP contribution in [0.25, 0.3) is 38.6 Å². The molecule has 148 valence electrons. The first-order valence-electron chi connectivity index (χ1n) is 9.61. The molecule has 0 unspecified atom stereocenters. The van der Waals surface area contributed by atoms with Crippen molar-refractivity contribution in [2.75, 3.05) is 7.11 Å². The third kappa shape index (κ3) is 2.80. The van der Waals surface area contributed by atoms with Gasteiger partial charge < -0.3 is 13.9 Å². The van der Waals surface area contributed by atoms with Crippen LogP contribution in [0.4, 0.5) is 0 Å². The zero-order valence-electron chi connectivity index (χ0n) is 16.6. The molecule has 0 spiro atoms. The number of pyridine rings is 1. The molecule has 3 aromatic carbocycles. The molecule has 0 aliphatic heterocycles. The van der Waals surface area contributed by atoms with E-state index in [4.69, 9.17) is 16.3 Å². The van der Waals surface area contributed by atoms with Gasteiger partial charge in [-0.25, -0.2) is 0 Å². The number of halogens is 1. The van der Waals surface area contributed by atoms with Gasteiger partial charge in [-0.3, -0.25) is 4.79 Å². The number of nitrogens with zero attached hydrogens (tertiary/aromatic N) is 2. The van der Waals surface area contributed by atoms with Gasteiger partial charge in [0.1, 0.15) is 11.4 Å². The molecule has 2 heterocycles. The van der Waals surface area contributed by atoms with Crippen molar-refractivity contribution in [1.29, 1.82) is 0 Å². The third-order valence-corrected chi connectivity index (χ3v) is 5.77. The standard InChI is InChI=1S/C25H19ClN2O2/c1-27-22-10-8-18(26)15-20(22)23(16-6-4-3-5-7-16)24(25(27)29)28-13-12-17-14-19(30-2)9-11-21(17)28/h3-15H,1-2H3. The summed E-state index contributed by atoms with van der Waals surface area (Å²) in [6.45, 7) is 0. The normalized spacial score (nSPS) is 11.3. The molecule has 0 bridgehead atoms. The van der Waals surface area contributed by atoms with E-state index < -0.39 is 0 Å². The van der Waals surface area contributed by atoms with Crippen molar-refractivity contribution in [2.45, 2.75) is 0 Å². The summed E-state index contributed by atoms with van der Waals surface area (Å²) < 4.78 is 9.00. The van der Waals surface area contributed by atoms with E-state index in [1.54, 1.807) is 18.7 Å². The Morgan fingerprint density at radius 3 is 2.43 bits per heavy atom. The second-order valence-electron chi connectivity index (χ2n) is 7.23. The van der Waals surface area contributed by atoms with Crippen LogP contribution in [0.1, 0.15) is 0 Å². The molecule has 0 N–H and O–H groups in total. The van der Waals surface area contributed by atoms with Crippen molar-refractivity contribution in [3.8, 4) is 22.6 Å². The Balaban J connectivity index is 1.96. The molecule has 2 aromatic heterocycles. The van der Waals surface area contributed by atoms with E-state index in [9.17, 15) is 4.79 Å². The lowest BCUT2D eigenvalue weighted by atomic mass is 9.98. The fourth-order valence-electron chi connectivity index (χ4n) is 4.07. The Hall–Kier alpha value is -3.50. The molecule has 0 saturated heterocycles. The van der Waals surface area contributed by atoms with Crippen LogP contribution in [-0.4, -0.2) is 16.2 Å². The molecule has 0 saturated carbocycles. The lowest BCUT2D eigenvalue weighted by Crippen LogP contribution is -2.23. The smallest absolute Gasteiger partial charge is 0.275 e. The average Bonchev–Trinajstić information content (AvgIpc) is 3.19. The van der Waals surface area contributed by atoms with Gasteiger partial charge in [0.15, 0.2) is 0 Å². The highest BCUT2D eigenvalue weighted by Crippen LogP contribution is 2.35. The topological polar surface area (TPSA) is 36.2 Å². The molecule has 30 heavy (non-hydrogen) atoms. The van der Waals surface area contributed by atoms with Gasteiger partial charge in [0.25, 0.3) is 5.56 Å². The molecule has 4 nitrogen and oxygen atoms in total. The van der Waals surface area contributed by atoms with E-state index in [-0.39, 0.29) is 5.56 Å². The predicted molar refractivity (Wildman–Crippen MR) is 123 cm³/mol. The fourth-order valence-corrected chi connectivity index (χ4v) is 4.24. The minimum atomic E-state index is -0.0722. The highest BCUT2D eigenvalue weighted by Gasteiger charge is 2.20. The molecule has 0 aliphatic carbocycles. The van der Waals surface area contributed by atoms with Gasteiger partial charge in [-0.2, -0.15) is 0 Å². The maximum Gasteiger partial charge on any atom is 0.275 e. The van der Waals surface area contributed by atoms with Gasteiger partial charge >= 0.3 is 0 Å². The minimum Gasteiger partial charge on any atom is -0.497 e. The first kappa shape index (κ1) is 18.5. The highest BCUT2D eigenvalue weighted by molar-refractivity contribution is 6.31. The van der Waals surface area contributed by atoms with E-state index in [0.717, 1.165) is 38.7 Å². The van der Waals surface area contributed by atoms with E-state index in [1.807, 2.05) is 83.6 Å². The molecule has 0 radical (unpaired) electrons. The Labute approximate surface area is 178 Å². The quantitative estimate of drug-likeness (QED) is 0.373. The lowest BCUT2D eigenvalue weighted by molar-refractivity contribution is 0.415. The van der Waals surface area contributed by atoms with Crippen molar-refractivity contribution in [2.24, 2.45) is 7.05 Å². The Morgan fingerprint density at radius 1 is 0.900 bits per heavy atom. The van der Waals surface area contributed by atoms with Crippen LogP contribution >= 0.6 is 11.6 Å². The molecule has 5 aromatic rings. The molecular weight excluding hydrogens is 396 g/mol. The van der Waals surface area contributed by atoms with Crippen molar-refractivity contribution < 1.29 is 4.74 Å². The average molecular weight is 415 g/mol. The van der Waals surface area contributed by atoms with Crippen molar-refractivity contribution in [1.82, 2.24) is 9.13 Å². The summed E-state index contributed by atoms with van der Waals surface area (Å²) in [4.78, 5) is 13.6. The van der Waals surface area contributed by atoms with E-state index in [0.29, 0.717) is 10.7 Å². The molecule has 0 aliphatic rings. The molecule has 0 fully saturated rings. The number of hydrogen-bond acceptors (Lipinski definition) is 2. The number of fused-ring (bicyclic) bond motifs is 2. The number of aromatic nitrogens is 2. The number of aryl methyl sites for hydroxylation is 1. The summed E-state index contributed by atoms with van der Waals surface area (Å²) in [5.41, 5.74) is 4.13.